The first-order valence-corrected chi connectivity index (χ1v) is 30.2. The maximum atomic E-state index is 15.2. The summed E-state index contributed by atoms with van der Waals surface area (Å²) in [5.41, 5.74) is 4.53. The van der Waals surface area contributed by atoms with E-state index in [1.807, 2.05) is 46.2 Å². The van der Waals surface area contributed by atoms with Gasteiger partial charge in [-0.05, 0) is 91.8 Å². The maximum Gasteiger partial charge on any atom is 0.355 e. The molecule has 3 aromatic heterocycles. The lowest BCUT2D eigenvalue weighted by Crippen LogP contribution is -2.54. The van der Waals surface area contributed by atoms with Gasteiger partial charge in [0.1, 0.15) is 24.1 Å². The van der Waals surface area contributed by atoms with E-state index in [9.17, 15) is 38.7 Å². The average molecular weight is 1220 g/mol. The highest BCUT2D eigenvalue weighted by molar-refractivity contribution is 7.22. The molecule has 6 amide bonds. The van der Waals surface area contributed by atoms with Gasteiger partial charge in [-0.25, -0.2) is 19.2 Å². The summed E-state index contributed by atoms with van der Waals surface area (Å²) in [7, 11) is 0. The van der Waals surface area contributed by atoms with E-state index in [0.717, 1.165) is 26.2 Å². The normalized spacial score (nSPS) is 15.9. The molecule has 1 unspecified atom stereocenters. The molecule has 23 nitrogen and oxygen atoms in total. The molecule has 0 bridgehead atoms. The number of carbonyl (C=O) groups excluding carboxylic acids is 6. The number of hydrogen-bond acceptors (Lipinski definition) is 19. The molecular weight excluding hydrogens is 1160 g/mol. The van der Waals surface area contributed by atoms with Crippen LogP contribution < -0.4 is 25.0 Å². The second-order valence-electron chi connectivity index (χ2n) is 20.9. The number of para-hydroxylation sites is 1. The fourth-order valence-electron chi connectivity index (χ4n) is 10.7. The zero-order valence-electron chi connectivity index (χ0n) is 47.2. The van der Waals surface area contributed by atoms with Crippen molar-refractivity contribution >= 4 is 84.6 Å². The summed E-state index contributed by atoms with van der Waals surface area (Å²) < 4.78 is 40.8. The Morgan fingerprint density at radius 1 is 0.828 bits per heavy atom. The van der Waals surface area contributed by atoms with Crippen molar-refractivity contribution in [3.8, 4) is 23.3 Å². The van der Waals surface area contributed by atoms with Gasteiger partial charge in [-0.2, -0.15) is 0 Å². The first-order chi connectivity index (χ1) is 42.3. The van der Waals surface area contributed by atoms with Crippen LogP contribution in [0.3, 0.4) is 0 Å². The van der Waals surface area contributed by atoms with E-state index in [2.05, 4.69) is 47.7 Å². The Balaban J connectivity index is 0.544. The number of nitrogens with one attached hydrogen (secondary N) is 2. The van der Waals surface area contributed by atoms with Crippen LogP contribution in [0, 0.1) is 17.7 Å². The average Bonchev–Trinajstić information content (AvgIpc) is 1.87. The summed E-state index contributed by atoms with van der Waals surface area (Å²) in [5.74, 6) is 2.12. The SMILES string of the molecule is O=C1CCC(N2C(=O)c3cccc(OCCOCCOCc4cn(CCCC(=O)N5CCN(CC#Cc6ccc(OCCCc7sc(N8CCc9cccc(C(=O)Nc%10nc%11ccccc%11s%10)c9C8)nc7C(=O)O)c(F)c6)CC5)nn4)c3C2=O)C(=O)N1. The van der Waals surface area contributed by atoms with Gasteiger partial charge in [-0.15, -0.1) is 16.4 Å². The molecule has 7 aromatic rings. The van der Waals surface area contributed by atoms with E-state index in [1.165, 1.54) is 40.9 Å². The number of amides is 6. The lowest BCUT2D eigenvalue weighted by molar-refractivity contribution is -0.136. The standard InChI is InChI=1S/C61H60FN11O12S2/c62-44-34-38(17-19-47(44)84-29-7-15-50-54(59(80)81)65-61(87-50)71-24-21-39-9-3-10-41(43(39)36-71)55(76)66-60-63-45-12-1-2-14-49(45)86-60)8-5-22-69-25-27-70(28-26-69)52(75)16-6-23-72-35-40(67-68-72)37-83-31-30-82-32-33-85-48-13-4-11-42-53(48)58(79)73(57(42)78)46-18-20-51(74)64-56(46)77/h1-4,9-14,17,19,34-35,46H,6-7,15-16,18,20-33,36-37H2,(H,80,81)(H,63,66,76)(H,64,74,77). The number of carboxylic acid groups (broad SMARTS) is 1. The number of imide groups is 2. The largest absolute Gasteiger partial charge is 0.491 e. The van der Waals surface area contributed by atoms with Gasteiger partial charge in [0, 0.05) is 74.7 Å². The molecule has 3 N–H and O–H groups in total. The quantitative estimate of drug-likeness (QED) is 0.0356. The van der Waals surface area contributed by atoms with Crippen molar-refractivity contribution in [2.45, 2.75) is 70.7 Å². The van der Waals surface area contributed by atoms with Crippen LogP contribution in [0.15, 0.2) is 85.1 Å². The number of hydrogen-bond donors (Lipinski definition) is 3. The topological polar surface area (TPSA) is 270 Å². The number of piperazine rings is 1. The van der Waals surface area contributed by atoms with Crippen molar-refractivity contribution in [2.24, 2.45) is 0 Å². The second kappa shape index (κ2) is 27.6. The summed E-state index contributed by atoms with van der Waals surface area (Å²) in [6.07, 6.45) is 4.22. The van der Waals surface area contributed by atoms with E-state index >= 15 is 4.39 Å². The molecule has 2 saturated heterocycles. The predicted octanol–water partition coefficient (Wildman–Crippen LogP) is 6.00. The molecule has 87 heavy (non-hydrogen) atoms. The number of ether oxygens (including phenoxy) is 4. The summed E-state index contributed by atoms with van der Waals surface area (Å²) >= 11 is 2.71. The Bertz CT molecular complexity index is 3800. The van der Waals surface area contributed by atoms with E-state index in [-0.39, 0.29) is 92.6 Å². The molecule has 2 fully saturated rings. The van der Waals surface area contributed by atoms with Crippen LogP contribution in [0.5, 0.6) is 11.5 Å². The Hall–Kier alpha value is -9.00. The Morgan fingerprint density at radius 3 is 2.47 bits per heavy atom. The Morgan fingerprint density at radius 2 is 1.64 bits per heavy atom. The molecule has 7 heterocycles. The number of thiazole rings is 2. The highest BCUT2D eigenvalue weighted by Crippen LogP contribution is 2.36. The molecule has 4 aliphatic heterocycles. The zero-order chi connectivity index (χ0) is 60.4. The third-order valence-electron chi connectivity index (χ3n) is 15.1. The number of aromatic nitrogens is 5. The van der Waals surface area contributed by atoms with Crippen molar-refractivity contribution in [3.63, 3.8) is 0 Å². The zero-order valence-corrected chi connectivity index (χ0v) is 48.8. The number of benzene rings is 4. The van der Waals surface area contributed by atoms with E-state index < -0.39 is 41.5 Å². The molecule has 11 rings (SSSR count). The van der Waals surface area contributed by atoms with Crippen molar-refractivity contribution in [1.29, 1.82) is 0 Å². The van der Waals surface area contributed by atoms with Crippen LogP contribution in [-0.4, -0.2) is 165 Å². The lowest BCUT2D eigenvalue weighted by atomic mass is 9.94. The number of carboxylic acids is 1. The van der Waals surface area contributed by atoms with Crippen molar-refractivity contribution in [2.75, 3.05) is 82.5 Å². The summed E-state index contributed by atoms with van der Waals surface area (Å²) in [5, 5.41) is 24.6. The minimum absolute atomic E-state index is 0.0255. The van der Waals surface area contributed by atoms with Crippen LogP contribution in [0.1, 0.15) is 101 Å². The highest BCUT2D eigenvalue weighted by atomic mass is 32.1. The number of rotatable bonds is 24. The van der Waals surface area contributed by atoms with Gasteiger partial charge in [0.25, 0.3) is 17.7 Å². The Labute approximate surface area is 506 Å². The molecule has 450 valence electrons. The number of carbonyl (C=O) groups is 7. The summed E-state index contributed by atoms with van der Waals surface area (Å²) in [6.45, 7) is 5.51. The lowest BCUT2D eigenvalue weighted by Gasteiger charge is -2.33. The van der Waals surface area contributed by atoms with Crippen LogP contribution in [0.25, 0.3) is 10.2 Å². The molecule has 0 radical (unpaired) electrons. The fourth-order valence-corrected chi connectivity index (χ4v) is 12.6. The molecular formula is C61H60FN11O12S2. The first kappa shape index (κ1) is 59.7. The van der Waals surface area contributed by atoms with Gasteiger partial charge >= 0.3 is 5.97 Å². The molecule has 0 aliphatic carbocycles. The van der Waals surface area contributed by atoms with Gasteiger partial charge in [-0.1, -0.05) is 58.7 Å². The van der Waals surface area contributed by atoms with Gasteiger partial charge in [-0.3, -0.25) is 53.9 Å². The van der Waals surface area contributed by atoms with Gasteiger partial charge in [0.15, 0.2) is 27.5 Å². The molecule has 4 aromatic carbocycles. The van der Waals surface area contributed by atoms with E-state index in [1.54, 1.807) is 35.1 Å². The monoisotopic (exact) mass is 1220 g/mol. The number of nitrogens with zero attached hydrogens (tertiary/aromatic N) is 9. The smallest absolute Gasteiger partial charge is 0.355 e. The highest BCUT2D eigenvalue weighted by Gasteiger charge is 2.46. The molecule has 4 aliphatic rings. The molecule has 1 atom stereocenters. The molecule has 0 saturated carbocycles. The number of aromatic carboxylic acids is 1. The van der Waals surface area contributed by atoms with Crippen LogP contribution in [-0.2, 0) is 56.4 Å². The number of aryl methyl sites for hydroxylation is 2. The van der Waals surface area contributed by atoms with Gasteiger partial charge < -0.3 is 33.9 Å². The molecule has 26 heteroatoms. The van der Waals surface area contributed by atoms with Crippen molar-refractivity contribution < 1.29 is 62.0 Å². The summed E-state index contributed by atoms with van der Waals surface area (Å²) in [6, 6.07) is 21.5. The van der Waals surface area contributed by atoms with Crippen molar-refractivity contribution in [1.82, 2.24) is 45.0 Å². The third-order valence-corrected chi connectivity index (χ3v) is 17.2. The number of halogens is 1. The second-order valence-corrected chi connectivity index (χ2v) is 23.0. The number of piperidine rings is 1. The van der Waals surface area contributed by atoms with E-state index in [0.29, 0.717) is 116 Å². The minimum atomic E-state index is -1.14. The van der Waals surface area contributed by atoms with Crippen LogP contribution >= 0.6 is 22.7 Å². The minimum Gasteiger partial charge on any atom is -0.491 e. The predicted molar refractivity (Wildman–Crippen MR) is 316 cm³/mol. The number of anilines is 2. The van der Waals surface area contributed by atoms with Gasteiger partial charge in [0.05, 0.1) is 67.1 Å². The Kier molecular flexibility index (Phi) is 18.9. The van der Waals surface area contributed by atoms with Crippen molar-refractivity contribution in [3.05, 3.63) is 141 Å². The fraction of sp³-hybridized carbons (Fsp3) is 0.361. The van der Waals surface area contributed by atoms with Crippen LogP contribution in [0.4, 0.5) is 14.7 Å². The summed E-state index contributed by atoms with van der Waals surface area (Å²) in [4.78, 5) is 106. The van der Waals surface area contributed by atoms with Crippen LogP contribution in [0.2, 0.25) is 0 Å². The maximum absolute atomic E-state index is 15.2. The number of fused-ring (bicyclic) bond motifs is 3. The van der Waals surface area contributed by atoms with E-state index in [4.69, 9.17) is 18.9 Å². The molecule has 0 spiro atoms. The van der Waals surface area contributed by atoms with Gasteiger partial charge in [0.2, 0.25) is 17.7 Å². The third kappa shape index (κ3) is 14.3. The first-order valence-electron chi connectivity index (χ1n) is 28.5.